The zero-order chi connectivity index (χ0) is 35.6. The topological polar surface area (TPSA) is 57.7 Å². The molecule has 0 spiro atoms. The van der Waals surface area contributed by atoms with Gasteiger partial charge in [0.05, 0.1) is 29.4 Å². The number of rotatable bonds is 8. The fourth-order valence-electron chi connectivity index (χ4n) is 7.12. The van der Waals surface area contributed by atoms with Gasteiger partial charge in [-0.3, -0.25) is 9.69 Å². The predicted molar refractivity (Wildman–Crippen MR) is 180 cm³/mol. The summed E-state index contributed by atoms with van der Waals surface area (Å²) in [6, 6.07) is 12.5. The van der Waals surface area contributed by atoms with E-state index < -0.39 is 29.9 Å². The maximum atomic E-state index is 14.5. The van der Waals surface area contributed by atoms with Crippen molar-refractivity contribution in [2.45, 2.75) is 63.1 Å². The second-order valence-electron chi connectivity index (χ2n) is 12.8. The highest BCUT2D eigenvalue weighted by Crippen LogP contribution is 2.41. The Morgan fingerprint density at radius 1 is 0.940 bits per heavy atom. The number of aromatic nitrogens is 1. The molecule has 2 saturated heterocycles. The predicted octanol–water partition coefficient (Wildman–Crippen LogP) is 9.07. The third-order valence-corrected chi connectivity index (χ3v) is 10.0. The molecule has 1 N–H and O–H groups in total. The average Bonchev–Trinajstić information content (AvgIpc) is 3.11. The van der Waals surface area contributed by atoms with Crippen molar-refractivity contribution in [1.29, 1.82) is 0 Å². The van der Waals surface area contributed by atoms with Crippen LogP contribution in [0, 0.1) is 0 Å². The van der Waals surface area contributed by atoms with Gasteiger partial charge in [-0.05, 0) is 81.7 Å². The fraction of sp³-hybridized carbons (Fsp3) is 0.405. The molecule has 0 aliphatic carbocycles. The Balaban J connectivity index is 1.50. The molecule has 266 valence electrons. The summed E-state index contributed by atoms with van der Waals surface area (Å²) in [4.78, 5) is 23.7. The maximum Gasteiger partial charge on any atom is 0.416 e. The molecule has 13 heteroatoms. The first-order valence-corrected chi connectivity index (χ1v) is 17.0. The minimum atomic E-state index is -4.86. The molecule has 1 unspecified atom stereocenters. The number of ether oxygens (including phenoxy) is 1. The van der Waals surface area contributed by atoms with Gasteiger partial charge in [-0.25, -0.2) is 4.98 Å². The first-order valence-electron chi connectivity index (χ1n) is 16.6. The molecule has 3 aromatic carbocycles. The largest absolute Gasteiger partial charge is 0.495 e. The molecule has 2 fully saturated rings. The van der Waals surface area contributed by atoms with Crippen molar-refractivity contribution >= 4 is 28.4 Å². The number of methoxy groups -OCH3 is 1. The Morgan fingerprint density at radius 3 is 2.28 bits per heavy atom. The second-order valence-corrected chi connectivity index (χ2v) is 13.2. The van der Waals surface area contributed by atoms with E-state index in [1.807, 2.05) is 0 Å². The van der Waals surface area contributed by atoms with Crippen LogP contribution in [0.15, 0.2) is 66.7 Å². The number of piperidine rings is 2. The number of carbonyl (C=O) groups is 1. The lowest BCUT2D eigenvalue weighted by Gasteiger charge is -2.40. The molecule has 0 bridgehead atoms. The standard InChI is InChI=1S/C37H37ClF6N4O2/c1-50-29-14-13-27-30(35(49)46-34(37(42,43)44)23-9-4-2-5-10-23)28(22-47-19-15-26(16-20-47)48-17-6-3-7-18-48)32(45-33(27)31(29)38)24-11-8-12-25(21-24)36(39,40)41/h2,4-5,8-14,21,26,34H,3,6-7,15-20,22H2,1H3,(H,46,49). The third kappa shape index (κ3) is 7.72. The van der Waals surface area contributed by atoms with Crippen LogP contribution >= 0.6 is 11.6 Å². The van der Waals surface area contributed by atoms with E-state index in [1.165, 1.54) is 62.1 Å². The number of nitrogens with one attached hydrogen (secondary N) is 1. The number of amides is 1. The van der Waals surface area contributed by atoms with Gasteiger partial charge in [-0.15, -0.1) is 0 Å². The summed E-state index contributed by atoms with van der Waals surface area (Å²) in [6.07, 6.45) is -4.35. The summed E-state index contributed by atoms with van der Waals surface area (Å²) >= 11 is 6.70. The molecular formula is C37H37ClF6N4O2. The SMILES string of the molecule is COc1ccc2c(C(=O)NC(c3ccccc3)C(F)(F)F)c(CN3CCC(N4CCCCC4)CC3)c(-c3cccc(C(F)(F)F)c3)nc2c1Cl. The number of benzene rings is 3. The Kier molecular flexibility index (Phi) is 10.6. The van der Waals surface area contributed by atoms with Crippen molar-refractivity contribution in [2.24, 2.45) is 0 Å². The molecule has 50 heavy (non-hydrogen) atoms. The maximum absolute atomic E-state index is 14.5. The fourth-order valence-corrected chi connectivity index (χ4v) is 7.41. The summed E-state index contributed by atoms with van der Waals surface area (Å²) in [6.45, 7) is 3.39. The van der Waals surface area contributed by atoms with Crippen molar-refractivity contribution in [1.82, 2.24) is 20.1 Å². The van der Waals surface area contributed by atoms with Crippen LogP contribution in [0.25, 0.3) is 22.2 Å². The molecule has 2 aliphatic rings. The van der Waals surface area contributed by atoms with E-state index in [1.54, 1.807) is 6.07 Å². The number of fused-ring (bicyclic) bond motifs is 1. The average molecular weight is 719 g/mol. The van der Waals surface area contributed by atoms with E-state index in [4.69, 9.17) is 21.3 Å². The Bertz CT molecular complexity index is 1820. The normalized spacial score (nSPS) is 17.5. The van der Waals surface area contributed by atoms with Crippen LogP contribution in [-0.2, 0) is 12.7 Å². The van der Waals surface area contributed by atoms with Crippen molar-refractivity contribution < 1.29 is 35.9 Å². The number of pyridine rings is 1. The van der Waals surface area contributed by atoms with E-state index in [2.05, 4.69) is 15.1 Å². The van der Waals surface area contributed by atoms with E-state index in [0.717, 1.165) is 50.9 Å². The Morgan fingerprint density at radius 2 is 1.64 bits per heavy atom. The Hall–Kier alpha value is -3.87. The highest BCUT2D eigenvalue weighted by Gasteiger charge is 2.43. The van der Waals surface area contributed by atoms with Crippen LogP contribution in [0.1, 0.15) is 65.2 Å². The lowest BCUT2D eigenvalue weighted by atomic mass is 9.93. The summed E-state index contributed by atoms with van der Waals surface area (Å²) in [7, 11) is 1.37. The molecule has 0 saturated carbocycles. The van der Waals surface area contributed by atoms with Gasteiger partial charge in [0.2, 0.25) is 0 Å². The molecule has 1 amide bonds. The van der Waals surface area contributed by atoms with Gasteiger partial charge in [0.1, 0.15) is 10.8 Å². The van der Waals surface area contributed by atoms with Crippen LogP contribution in [0.3, 0.4) is 0 Å². The van der Waals surface area contributed by atoms with Crippen LogP contribution < -0.4 is 10.1 Å². The lowest BCUT2D eigenvalue weighted by Crippen LogP contribution is -2.46. The molecule has 2 aliphatic heterocycles. The number of hydrogen-bond acceptors (Lipinski definition) is 5. The van der Waals surface area contributed by atoms with Gasteiger partial charge in [-0.1, -0.05) is 60.5 Å². The zero-order valence-corrected chi connectivity index (χ0v) is 28.1. The first kappa shape index (κ1) is 35.9. The molecule has 4 aromatic rings. The van der Waals surface area contributed by atoms with E-state index in [9.17, 15) is 31.1 Å². The molecule has 0 radical (unpaired) electrons. The van der Waals surface area contributed by atoms with Crippen molar-refractivity contribution in [3.63, 3.8) is 0 Å². The molecule has 6 nitrogen and oxygen atoms in total. The van der Waals surface area contributed by atoms with Crippen LogP contribution in [-0.4, -0.2) is 66.2 Å². The zero-order valence-electron chi connectivity index (χ0n) is 27.4. The van der Waals surface area contributed by atoms with Gasteiger partial charge in [0.25, 0.3) is 5.91 Å². The molecular weight excluding hydrogens is 682 g/mol. The number of carbonyl (C=O) groups excluding carboxylic acids is 1. The van der Waals surface area contributed by atoms with E-state index in [0.29, 0.717) is 19.1 Å². The molecule has 1 aromatic heterocycles. The summed E-state index contributed by atoms with van der Waals surface area (Å²) in [5, 5.41) is 2.32. The van der Waals surface area contributed by atoms with Gasteiger partial charge >= 0.3 is 12.4 Å². The van der Waals surface area contributed by atoms with Gasteiger partial charge in [-0.2, -0.15) is 26.3 Å². The Labute approximate surface area is 291 Å². The number of likely N-dealkylation sites (tertiary alicyclic amines) is 2. The highest BCUT2D eigenvalue weighted by molar-refractivity contribution is 6.37. The first-order chi connectivity index (χ1) is 23.8. The van der Waals surface area contributed by atoms with Crippen LogP contribution in [0.4, 0.5) is 26.3 Å². The van der Waals surface area contributed by atoms with Crippen LogP contribution in [0.2, 0.25) is 5.02 Å². The highest BCUT2D eigenvalue weighted by atomic mass is 35.5. The van der Waals surface area contributed by atoms with Gasteiger partial charge in [0, 0.05) is 29.1 Å². The van der Waals surface area contributed by atoms with Crippen LogP contribution in [0.5, 0.6) is 5.75 Å². The minimum absolute atomic E-state index is 0.0133. The molecule has 1 atom stereocenters. The second kappa shape index (κ2) is 14.8. The number of alkyl halides is 6. The minimum Gasteiger partial charge on any atom is -0.495 e. The van der Waals surface area contributed by atoms with Crippen molar-refractivity contribution in [2.75, 3.05) is 33.3 Å². The van der Waals surface area contributed by atoms with Gasteiger partial charge < -0.3 is 15.0 Å². The van der Waals surface area contributed by atoms with Gasteiger partial charge in [0.15, 0.2) is 6.04 Å². The third-order valence-electron chi connectivity index (χ3n) is 9.65. The quantitative estimate of drug-likeness (QED) is 0.184. The molecule has 6 rings (SSSR count). The summed E-state index contributed by atoms with van der Waals surface area (Å²) in [5.74, 6) is -0.880. The number of nitrogens with zero attached hydrogens (tertiary/aromatic N) is 3. The van der Waals surface area contributed by atoms with E-state index in [-0.39, 0.29) is 56.2 Å². The summed E-state index contributed by atoms with van der Waals surface area (Å²) < 4.78 is 90.8. The smallest absolute Gasteiger partial charge is 0.416 e. The number of halogens is 7. The van der Waals surface area contributed by atoms with Crippen molar-refractivity contribution in [3.05, 3.63) is 94.0 Å². The monoisotopic (exact) mass is 718 g/mol. The number of hydrogen-bond donors (Lipinski definition) is 1. The van der Waals surface area contributed by atoms with Crippen molar-refractivity contribution in [3.8, 4) is 17.0 Å². The lowest BCUT2D eigenvalue weighted by molar-refractivity contribution is -0.155. The molecule has 3 heterocycles. The van der Waals surface area contributed by atoms with E-state index >= 15 is 0 Å². The summed E-state index contributed by atoms with van der Waals surface area (Å²) in [5.41, 5.74) is -0.968.